The van der Waals surface area contributed by atoms with Gasteiger partial charge in [0.1, 0.15) is 11.5 Å². The SMILES string of the molecule is Cc1cccc(NC(=O)c2ccc(=O)n(C(C)C)n2)n1. The topological polar surface area (TPSA) is 76.9 Å². The minimum absolute atomic E-state index is 0.104. The highest BCUT2D eigenvalue weighted by atomic mass is 16.2. The molecule has 2 rings (SSSR count). The van der Waals surface area contributed by atoms with Gasteiger partial charge in [-0.15, -0.1) is 0 Å². The maximum Gasteiger partial charge on any atom is 0.277 e. The highest BCUT2D eigenvalue weighted by Gasteiger charge is 2.11. The molecule has 0 unspecified atom stereocenters. The van der Waals surface area contributed by atoms with E-state index in [-0.39, 0.29) is 17.3 Å². The van der Waals surface area contributed by atoms with Gasteiger partial charge in [0.25, 0.3) is 11.5 Å². The fourth-order valence-electron chi connectivity index (χ4n) is 1.71. The van der Waals surface area contributed by atoms with Gasteiger partial charge in [-0.25, -0.2) is 9.67 Å². The zero-order chi connectivity index (χ0) is 14.7. The molecule has 1 amide bonds. The summed E-state index contributed by atoms with van der Waals surface area (Å²) in [6.07, 6.45) is 0. The maximum absolute atomic E-state index is 12.1. The summed E-state index contributed by atoms with van der Waals surface area (Å²) in [6, 6.07) is 7.99. The maximum atomic E-state index is 12.1. The van der Waals surface area contributed by atoms with Crippen LogP contribution in [0, 0.1) is 6.92 Å². The predicted molar refractivity (Wildman–Crippen MR) is 75.8 cm³/mol. The summed E-state index contributed by atoms with van der Waals surface area (Å²) in [5.74, 6) is 0.0663. The second-order valence-corrected chi connectivity index (χ2v) is 4.71. The molecule has 0 bridgehead atoms. The Morgan fingerprint density at radius 2 is 2.00 bits per heavy atom. The van der Waals surface area contributed by atoms with Crippen molar-refractivity contribution >= 4 is 11.7 Å². The van der Waals surface area contributed by atoms with E-state index >= 15 is 0 Å². The monoisotopic (exact) mass is 272 g/mol. The first kappa shape index (κ1) is 13.9. The van der Waals surface area contributed by atoms with Crippen molar-refractivity contribution in [2.45, 2.75) is 26.8 Å². The summed E-state index contributed by atoms with van der Waals surface area (Å²) in [7, 11) is 0. The zero-order valence-electron chi connectivity index (χ0n) is 11.6. The van der Waals surface area contributed by atoms with Gasteiger partial charge >= 0.3 is 0 Å². The summed E-state index contributed by atoms with van der Waals surface area (Å²) in [5.41, 5.74) is 0.759. The molecule has 2 heterocycles. The Labute approximate surface area is 116 Å². The molecular formula is C14H16N4O2. The normalized spacial score (nSPS) is 10.6. The van der Waals surface area contributed by atoms with Crippen molar-refractivity contribution in [2.75, 3.05) is 5.32 Å². The standard InChI is InChI=1S/C14H16N4O2/c1-9(2)18-13(19)8-7-11(17-18)14(20)16-12-6-4-5-10(3)15-12/h4-9H,1-3H3,(H,15,16,20). The smallest absolute Gasteiger partial charge is 0.277 e. The second-order valence-electron chi connectivity index (χ2n) is 4.71. The number of anilines is 1. The molecule has 1 N–H and O–H groups in total. The largest absolute Gasteiger partial charge is 0.305 e. The summed E-state index contributed by atoms with van der Waals surface area (Å²) >= 11 is 0. The summed E-state index contributed by atoms with van der Waals surface area (Å²) in [5, 5.41) is 6.71. The Balaban J connectivity index is 2.26. The van der Waals surface area contributed by atoms with Gasteiger partial charge in [0, 0.05) is 11.8 Å². The molecule has 0 aromatic carbocycles. The molecule has 0 aliphatic rings. The van der Waals surface area contributed by atoms with Gasteiger partial charge in [-0.3, -0.25) is 9.59 Å². The predicted octanol–water partition coefficient (Wildman–Crippen LogP) is 1.78. The van der Waals surface area contributed by atoms with Crippen LogP contribution in [0.25, 0.3) is 0 Å². The van der Waals surface area contributed by atoms with Crippen molar-refractivity contribution in [3.05, 3.63) is 52.1 Å². The number of rotatable bonds is 3. The molecule has 0 aliphatic carbocycles. The highest BCUT2D eigenvalue weighted by Crippen LogP contribution is 2.06. The third kappa shape index (κ3) is 3.09. The Morgan fingerprint density at radius 3 is 2.65 bits per heavy atom. The fourth-order valence-corrected chi connectivity index (χ4v) is 1.71. The molecule has 0 saturated carbocycles. The lowest BCUT2D eigenvalue weighted by atomic mass is 10.3. The van der Waals surface area contributed by atoms with E-state index in [0.29, 0.717) is 5.82 Å². The van der Waals surface area contributed by atoms with Crippen molar-refractivity contribution in [1.29, 1.82) is 0 Å². The molecule has 2 aromatic heterocycles. The molecule has 2 aromatic rings. The third-order valence-electron chi connectivity index (χ3n) is 2.68. The van der Waals surface area contributed by atoms with Crippen LogP contribution >= 0.6 is 0 Å². The lowest BCUT2D eigenvalue weighted by Gasteiger charge is -2.10. The fraction of sp³-hybridized carbons (Fsp3) is 0.286. The van der Waals surface area contributed by atoms with E-state index < -0.39 is 5.91 Å². The molecule has 0 atom stereocenters. The van der Waals surface area contributed by atoms with E-state index in [1.54, 1.807) is 12.1 Å². The van der Waals surface area contributed by atoms with Gasteiger partial charge in [-0.1, -0.05) is 6.07 Å². The van der Waals surface area contributed by atoms with Crippen LogP contribution in [0.3, 0.4) is 0 Å². The van der Waals surface area contributed by atoms with Crippen molar-refractivity contribution < 1.29 is 4.79 Å². The number of pyridine rings is 1. The van der Waals surface area contributed by atoms with Crippen molar-refractivity contribution in [3.63, 3.8) is 0 Å². The van der Waals surface area contributed by atoms with Crippen LogP contribution in [0.2, 0.25) is 0 Å². The van der Waals surface area contributed by atoms with E-state index in [1.165, 1.54) is 16.8 Å². The van der Waals surface area contributed by atoms with Crippen LogP contribution in [0.15, 0.2) is 35.1 Å². The molecule has 0 saturated heterocycles. The van der Waals surface area contributed by atoms with Crippen LogP contribution in [-0.4, -0.2) is 20.7 Å². The number of aryl methyl sites for hydroxylation is 1. The number of nitrogens with one attached hydrogen (secondary N) is 1. The van der Waals surface area contributed by atoms with Gasteiger partial charge in [0.05, 0.1) is 6.04 Å². The Bertz CT molecular complexity index is 692. The Morgan fingerprint density at radius 1 is 1.25 bits per heavy atom. The van der Waals surface area contributed by atoms with Gasteiger partial charge in [-0.05, 0) is 39.0 Å². The average molecular weight is 272 g/mol. The van der Waals surface area contributed by atoms with Crippen LogP contribution in [0.5, 0.6) is 0 Å². The number of amides is 1. The first-order chi connectivity index (χ1) is 9.47. The molecular weight excluding hydrogens is 256 g/mol. The highest BCUT2D eigenvalue weighted by molar-refractivity contribution is 6.02. The van der Waals surface area contributed by atoms with E-state index in [4.69, 9.17) is 0 Å². The molecule has 0 spiro atoms. The average Bonchev–Trinajstić information content (AvgIpc) is 2.38. The minimum atomic E-state index is -0.391. The van der Waals surface area contributed by atoms with Crippen LogP contribution in [0.4, 0.5) is 5.82 Å². The van der Waals surface area contributed by atoms with Gasteiger partial charge in [-0.2, -0.15) is 5.10 Å². The molecule has 20 heavy (non-hydrogen) atoms. The number of aromatic nitrogens is 3. The molecule has 6 nitrogen and oxygen atoms in total. The Hall–Kier alpha value is -2.50. The molecule has 104 valence electrons. The molecule has 0 radical (unpaired) electrons. The summed E-state index contributed by atoms with van der Waals surface area (Å²) in [4.78, 5) is 27.9. The van der Waals surface area contributed by atoms with Crippen LogP contribution < -0.4 is 10.9 Å². The third-order valence-corrected chi connectivity index (χ3v) is 2.68. The Kier molecular flexibility index (Phi) is 3.93. The van der Waals surface area contributed by atoms with Crippen molar-refractivity contribution in [1.82, 2.24) is 14.8 Å². The van der Waals surface area contributed by atoms with Gasteiger partial charge in [0.2, 0.25) is 0 Å². The molecule has 0 fully saturated rings. The number of carbonyl (C=O) groups is 1. The summed E-state index contributed by atoms with van der Waals surface area (Å²) < 4.78 is 1.28. The lowest BCUT2D eigenvalue weighted by Crippen LogP contribution is -2.27. The van der Waals surface area contributed by atoms with Gasteiger partial charge in [0.15, 0.2) is 0 Å². The van der Waals surface area contributed by atoms with E-state index in [0.717, 1.165) is 5.69 Å². The minimum Gasteiger partial charge on any atom is -0.305 e. The van der Waals surface area contributed by atoms with Crippen LogP contribution in [-0.2, 0) is 0 Å². The number of nitrogens with zero attached hydrogens (tertiary/aromatic N) is 3. The number of hydrogen-bond acceptors (Lipinski definition) is 4. The number of carbonyl (C=O) groups excluding carboxylic acids is 1. The first-order valence-electron chi connectivity index (χ1n) is 6.32. The first-order valence-corrected chi connectivity index (χ1v) is 6.32. The van der Waals surface area contributed by atoms with Crippen molar-refractivity contribution in [2.24, 2.45) is 0 Å². The van der Waals surface area contributed by atoms with E-state index in [1.807, 2.05) is 26.8 Å². The molecule has 6 heteroatoms. The van der Waals surface area contributed by atoms with Gasteiger partial charge < -0.3 is 5.32 Å². The van der Waals surface area contributed by atoms with E-state index in [9.17, 15) is 9.59 Å². The van der Waals surface area contributed by atoms with Crippen molar-refractivity contribution in [3.8, 4) is 0 Å². The van der Waals surface area contributed by atoms with E-state index in [2.05, 4.69) is 15.4 Å². The quantitative estimate of drug-likeness (QED) is 0.924. The summed E-state index contributed by atoms with van der Waals surface area (Å²) in [6.45, 7) is 5.50. The van der Waals surface area contributed by atoms with Crippen LogP contribution in [0.1, 0.15) is 36.1 Å². The zero-order valence-corrected chi connectivity index (χ0v) is 11.6. The lowest BCUT2D eigenvalue weighted by molar-refractivity contribution is 0.101. The number of hydrogen-bond donors (Lipinski definition) is 1. The molecule has 0 aliphatic heterocycles. The second kappa shape index (κ2) is 5.64.